The maximum absolute atomic E-state index is 12.3. The number of hydrogen-bond acceptors (Lipinski definition) is 5. The molecule has 1 saturated heterocycles. The molecule has 6 heteroatoms. The average molecular weight is 303 g/mol. The average Bonchev–Trinajstić information content (AvgIpc) is 3.15. The van der Waals surface area contributed by atoms with Crippen molar-refractivity contribution in [3.8, 4) is 10.7 Å². The van der Waals surface area contributed by atoms with E-state index in [0.29, 0.717) is 17.3 Å². The summed E-state index contributed by atoms with van der Waals surface area (Å²) >= 11 is 1.39. The van der Waals surface area contributed by atoms with Crippen molar-refractivity contribution >= 4 is 17.2 Å². The highest BCUT2D eigenvalue weighted by Crippen LogP contribution is 2.26. The molecule has 1 amide bonds. The van der Waals surface area contributed by atoms with Crippen molar-refractivity contribution in [2.45, 2.75) is 13.3 Å². The SMILES string of the molecule is Cc1nc(-c2ccccn2)sc1C(=O)NC[C@H]1CCOC1. The summed E-state index contributed by atoms with van der Waals surface area (Å²) in [6, 6.07) is 5.68. The minimum atomic E-state index is -0.0564. The third-order valence-electron chi connectivity index (χ3n) is 3.46. The number of carbonyl (C=O) groups is 1. The predicted octanol–water partition coefficient (Wildman–Crippen LogP) is 2.28. The molecule has 0 unspecified atom stereocenters. The van der Waals surface area contributed by atoms with Gasteiger partial charge < -0.3 is 10.1 Å². The van der Waals surface area contributed by atoms with E-state index >= 15 is 0 Å². The summed E-state index contributed by atoms with van der Waals surface area (Å²) < 4.78 is 5.31. The fraction of sp³-hybridized carbons (Fsp3) is 0.400. The molecule has 0 aromatic carbocycles. The lowest BCUT2D eigenvalue weighted by Crippen LogP contribution is -2.29. The van der Waals surface area contributed by atoms with Crippen LogP contribution in [0.15, 0.2) is 24.4 Å². The van der Waals surface area contributed by atoms with Gasteiger partial charge in [-0.05, 0) is 25.5 Å². The molecule has 2 aromatic rings. The van der Waals surface area contributed by atoms with Gasteiger partial charge in [0.1, 0.15) is 9.88 Å². The minimum absolute atomic E-state index is 0.0564. The number of hydrogen-bond donors (Lipinski definition) is 1. The normalized spacial score (nSPS) is 17.9. The molecule has 0 radical (unpaired) electrons. The van der Waals surface area contributed by atoms with Gasteiger partial charge in [0, 0.05) is 25.3 Å². The lowest BCUT2D eigenvalue weighted by Gasteiger charge is -2.08. The van der Waals surface area contributed by atoms with Gasteiger partial charge in [-0.25, -0.2) is 4.98 Å². The van der Waals surface area contributed by atoms with E-state index in [1.54, 1.807) is 6.20 Å². The smallest absolute Gasteiger partial charge is 0.263 e. The number of rotatable bonds is 4. The number of pyridine rings is 1. The summed E-state index contributed by atoms with van der Waals surface area (Å²) in [5.41, 5.74) is 1.55. The molecule has 0 saturated carbocycles. The Kier molecular flexibility index (Phi) is 4.26. The molecule has 1 N–H and O–H groups in total. The summed E-state index contributed by atoms with van der Waals surface area (Å²) in [5, 5.41) is 3.76. The zero-order chi connectivity index (χ0) is 14.7. The van der Waals surface area contributed by atoms with Crippen LogP contribution in [0, 0.1) is 12.8 Å². The first kappa shape index (κ1) is 14.2. The van der Waals surface area contributed by atoms with Gasteiger partial charge in [-0.2, -0.15) is 0 Å². The fourth-order valence-corrected chi connectivity index (χ4v) is 3.23. The van der Waals surface area contributed by atoms with E-state index in [1.165, 1.54) is 11.3 Å². The Bertz CT molecular complexity index is 621. The second-order valence-corrected chi connectivity index (χ2v) is 6.09. The monoisotopic (exact) mass is 303 g/mol. The molecule has 110 valence electrons. The third kappa shape index (κ3) is 3.28. The Morgan fingerprint density at radius 2 is 2.43 bits per heavy atom. The Morgan fingerprint density at radius 1 is 1.52 bits per heavy atom. The van der Waals surface area contributed by atoms with E-state index in [2.05, 4.69) is 15.3 Å². The molecule has 3 rings (SSSR count). The number of aromatic nitrogens is 2. The highest BCUT2D eigenvalue weighted by molar-refractivity contribution is 7.17. The first-order valence-corrected chi connectivity index (χ1v) is 7.80. The topological polar surface area (TPSA) is 64.1 Å². The standard InChI is InChI=1S/C15H17N3O2S/c1-10-13(14(19)17-8-11-5-7-20-9-11)21-15(18-10)12-4-2-3-6-16-12/h2-4,6,11H,5,7-9H2,1H3,(H,17,19)/t11-/m1/s1. The van der Waals surface area contributed by atoms with Crippen molar-refractivity contribution in [2.24, 2.45) is 5.92 Å². The molecule has 2 aromatic heterocycles. The molecule has 21 heavy (non-hydrogen) atoms. The number of aryl methyl sites for hydroxylation is 1. The van der Waals surface area contributed by atoms with Crippen LogP contribution in [0.25, 0.3) is 10.7 Å². The highest BCUT2D eigenvalue weighted by atomic mass is 32.1. The van der Waals surface area contributed by atoms with Gasteiger partial charge in [-0.1, -0.05) is 6.07 Å². The van der Waals surface area contributed by atoms with Crippen molar-refractivity contribution in [1.29, 1.82) is 0 Å². The fourth-order valence-electron chi connectivity index (χ4n) is 2.27. The largest absolute Gasteiger partial charge is 0.381 e. The molecule has 1 aliphatic heterocycles. The summed E-state index contributed by atoms with van der Waals surface area (Å²) in [6.45, 7) is 4.05. The van der Waals surface area contributed by atoms with E-state index < -0.39 is 0 Å². The first-order valence-electron chi connectivity index (χ1n) is 6.99. The second kappa shape index (κ2) is 6.32. The molecule has 0 spiro atoms. The highest BCUT2D eigenvalue weighted by Gasteiger charge is 2.20. The molecule has 5 nitrogen and oxygen atoms in total. The Hall–Kier alpha value is -1.79. The summed E-state index contributed by atoms with van der Waals surface area (Å²) in [4.78, 5) is 21.7. The van der Waals surface area contributed by atoms with Gasteiger partial charge in [0.25, 0.3) is 5.91 Å². The molecule has 3 heterocycles. The van der Waals surface area contributed by atoms with Crippen LogP contribution in [-0.2, 0) is 4.74 Å². The van der Waals surface area contributed by atoms with E-state index in [4.69, 9.17) is 4.74 Å². The zero-order valence-corrected chi connectivity index (χ0v) is 12.7. The summed E-state index contributed by atoms with van der Waals surface area (Å²) in [7, 11) is 0. The Balaban J connectivity index is 1.70. The molecule has 1 fully saturated rings. The van der Waals surface area contributed by atoms with Gasteiger partial charge in [0.2, 0.25) is 0 Å². The quantitative estimate of drug-likeness (QED) is 0.941. The molecule has 1 atom stereocenters. The second-order valence-electron chi connectivity index (χ2n) is 5.09. The number of ether oxygens (including phenoxy) is 1. The van der Waals surface area contributed by atoms with Crippen LogP contribution in [0.3, 0.4) is 0 Å². The van der Waals surface area contributed by atoms with Crippen LogP contribution in [-0.4, -0.2) is 35.6 Å². The lowest BCUT2D eigenvalue weighted by atomic mass is 10.1. The van der Waals surface area contributed by atoms with Crippen LogP contribution in [0.4, 0.5) is 0 Å². The van der Waals surface area contributed by atoms with Crippen LogP contribution >= 0.6 is 11.3 Å². The number of nitrogens with zero attached hydrogens (tertiary/aromatic N) is 2. The molecular weight excluding hydrogens is 286 g/mol. The Labute approximate surface area is 127 Å². The van der Waals surface area contributed by atoms with E-state index in [-0.39, 0.29) is 5.91 Å². The molecule has 0 aliphatic carbocycles. The lowest BCUT2D eigenvalue weighted by molar-refractivity contribution is 0.0948. The molecule has 0 bridgehead atoms. The van der Waals surface area contributed by atoms with Crippen molar-refractivity contribution in [3.63, 3.8) is 0 Å². The number of carbonyl (C=O) groups excluding carboxylic acids is 1. The first-order chi connectivity index (χ1) is 10.2. The van der Waals surface area contributed by atoms with Gasteiger partial charge >= 0.3 is 0 Å². The predicted molar refractivity (Wildman–Crippen MR) is 81.3 cm³/mol. The zero-order valence-electron chi connectivity index (χ0n) is 11.8. The van der Waals surface area contributed by atoms with Crippen LogP contribution in [0.2, 0.25) is 0 Å². The molecule has 1 aliphatic rings. The van der Waals surface area contributed by atoms with Gasteiger partial charge in [0.15, 0.2) is 0 Å². The summed E-state index contributed by atoms with van der Waals surface area (Å²) in [6.07, 6.45) is 2.74. The van der Waals surface area contributed by atoms with Gasteiger partial charge in [-0.15, -0.1) is 11.3 Å². The van der Waals surface area contributed by atoms with Crippen LogP contribution in [0.5, 0.6) is 0 Å². The maximum Gasteiger partial charge on any atom is 0.263 e. The number of thiazole rings is 1. The van der Waals surface area contributed by atoms with E-state index in [0.717, 1.165) is 36.0 Å². The third-order valence-corrected chi connectivity index (χ3v) is 4.64. The van der Waals surface area contributed by atoms with E-state index in [1.807, 2.05) is 25.1 Å². The Morgan fingerprint density at radius 3 is 3.14 bits per heavy atom. The van der Waals surface area contributed by atoms with Crippen LogP contribution in [0.1, 0.15) is 21.8 Å². The van der Waals surface area contributed by atoms with Crippen molar-refractivity contribution in [1.82, 2.24) is 15.3 Å². The van der Waals surface area contributed by atoms with Crippen molar-refractivity contribution in [3.05, 3.63) is 35.0 Å². The summed E-state index contributed by atoms with van der Waals surface area (Å²) in [5.74, 6) is 0.372. The maximum atomic E-state index is 12.3. The van der Waals surface area contributed by atoms with Crippen molar-refractivity contribution in [2.75, 3.05) is 19.8 Å². The van der Waals surface area contributed by atoms with Crippen LogP contribution < -0.4 is 5.32 Å². The minimum Gasteiger partial charge on any atom is -0.381 e. The number of nitrogens with one attached hydrogen (secondary N) is 1. The van der Waals surface area contributed by atoms with E-state index in [9.17, 15) is 4.79 Å². The molecular formula is C15H17N3O2S. The number of amides is 1. The van der Waals surface area contributed by atoms with Gasteiger partial charge in [-0.3, -0.25) is 9.78 Å². The van der Waals surface area contributed by atoms with Crippen molar-refractivity contribution < 1.29 is 9.53 Å². The van der Waals surface area contributed by atoms with Gasteiger partial charge in [0.05, 0.1) is 18.0 Å².